The number of hydrogen-bond acceptors (Lipinski definition) is 1. The Morgan fingerprint density at radius 1 is 1.20 bits per heavy atom. The molecule has 1 heterocycles. The monoisotopic (exact) mass is 265 g/mol. The molecule has 0 unspecified atom stereocenters. The second kappa shape index (κ2) is 4.11. The lowest BCUT2D eigenvalue weighted by Gasteiger charge is -2.05. The summed E-state index contributed by atoms with van der Waals surface area (Å²) < 4.78 is 13.8. The fourth-order valence-electron chi connectivity index (χ4n) is 1.43. The summed E-state index contributed by atoms with van der Waals surface area (Å²) in [4.78, 5) is 4.30. The molecule has 1 aromatic heterocycles. The van der Waals surface area contributed by atoms with Crippen LogP contribution in [0.2, 0.25) is 0 Å². The lowest BCUT2D eigenvalue weighted by atomic mass is 10.1. The van der Waals surface area contributed by atoms with Crippen LogP contribution in [0.25, 0.3) is 11.3 Å². The van der Waals surface area contributed by atoms with Gasteiger partial charge in [-0.25, -0.2) is 9.37 Å². The van der Waals surface area contributed by atoms with Crippen LogP contribution in [0.3, 0.4) is 0 Å². The molecule has 0 aliphatic carbocycles. The molecule has 15 heavy (non-hydrogen) atoms. The van der Waals surface area contributed by atoms with Crippen LogP contribution in [-0.2, 0) is 0 Å². The van der Waals surface area contributed by atoms with Gasteiger partial charge in [-0.05, 0) is 52.7 Å². The highest BCUT2D eigenvalue weighted by molar-refractivity contribution is 9.10. The predicted molar refractivity (Wildman–Crippen MR) is 62.1 cm³/mol. The van der Waals surface area contributed by atoms with Crippen LogP contribution < -0.4 is 0 Å². The number of benzene rings is 1. The Bertz CT molecular complexity index is 497. The summed E-state index contributed by atoms with van der Waals surface area (Å²) >= 11 is 3.30. The van der Waals surface area contributed by atoms with Gasteiger partial charge in [0.05, 0.1) is 5.69 Å². The molecule has 0 bridgehead atoms. The average molecular weight is 266 g/mol. The third-order valence-corrected chi connectivity index (χ3v) is 2.63. The number of aromatic nitrogens is 1. The smallest absolute Gasteiger partial charge is 0.123 e. The lowest BCUT2D eigenvalue weighted by Crippen LogP contribution is -1.88. The molecule has 0 radical (unpaired) electrons. The highest BCUT2D eigenvalue weighted by Crippen LogP contribution is 2.23. The lowest BCUT2D eigenvalue weighted by molar-refractivity contribution is 0.628. The molecule has 0 fully saturated rings. The molecule has 0 saturated carbocycles. The van der Waals surface area contributed by atoms with E-state index in [-0.39, 0.29) is 5.82 Å². The minimum atomic E-state index is -0.239. The topological polar surface area (TPSA) is 12.9 Å². The molecule has 0 spiro atoms. The molecule has 0 amide bonds. The number of aryl methyl sites for hydroxylation is 1. The van der Waals surface area contributed by atoms with Gasteiger partial charge in [-0.15, -0.1) is 0 Å². The minimum Gasteiger partial charge on any atom is -0.241 e. The van der Waals surface area contributed by atoms with Crippen LogP contribution in [0, 0.1) is 12.7 Å². The first kappa shape index (κ1) is 10.3. The molecule has 2 aromatic rings. The summed E-state index contributed by atoms with van der Waals surface area (Å²) in [7, 11) is 0. The highest BCUT2D eigenvalue weighted by atomic mass is 79.9. The van der Waals surface area contributed by atoms with Crippen LogP contribution in [0.5, 0.6) is 0 Å². The summed E-state index contributed by atoms with van der Waals surface area (Å²) in [5.74, 6) is -0.239. The maximum absolute atomic E-state index is 13.1. The molecule has 1 aromatic carbocycles. The summed E-state index contributed by atoms with van der Waals surface area (Å²) in [6.45, 7) is 1.94. The van der Waals surface area contributed by atoms with Crippen LogP contribution in [0.4, 0.5) is 4.39 Å². The zero-order valence-corrected chi connectivity index (χ0v) is 9.75. The molecule has 1 nitrogen and oxygen atoms in total. The van der Waals surface area contributed by atoms with Gasteiger partial charge in [-0.1, -0.05) is 12.1 Å². The van der Waals surface area contributed by atoms with E-state index in [4.69, 9.17) is 0 Å². The van der Waals surface area contributed by atoms with E-state index in [1.807, 2.05) is 25.1 Å². The Balaban J connectivity index is 2.58. The Kier molecular flexibility index (Phi) is 2.82. The highest BCUT2D eigenvalue weighted by Gasteiger charge is 2.04. The van der Waals surface area contributed by atoms with Crippen molar-refractivity contribution in [2.24, 2.45) is 0 Å². The molecule has 0 atom stereocenters. The van der Waals surface area contributed by atoms with Gasteiger partial charge in [-0.3, -0.25) is 0 Å². The van der Waals surface area contributed by atoms with Gasteiger partial charge in [-0.2, -0.15) is 0 Å². The Hall–Kier alpha value is -1.22. The van der Waals surface area contributed by atoms with E-state index in [1.165, 1.54) is 12.1 Å². The van der Waals surface area contributed by atoms with E-state index in [1.54, 1.807) is 6.07 Å². The zero-order chi connectivity index (χ0) is 10.8. The standard InChI is InChI=1S/C12H9BrFN/c1-8-5-6-9(14)7-10(8)11-3-2-4-12(13)15-11/h2-7H,1H3. The van der Waals surface area contributed by atoms with Gasteiger partial charge in [0.15, 0.2) is 0 Å². The van der Waals surface area contributed by atoms with Gasteiger partial charge in [0.25, 0.3) is 0 Å². The van der Waals surface area contributed by atoms with E-state index in [0.717, 1.165) is 21.4 Å². The first-order valence-corrected chi connectivity index (χ1v) is 5.35. The summed E-state index contributed by atoms with van der Waals surface area (Å²) in [5.41, 5.74) is 2.62. The quantitative estimate of drug-likeness (QED) is 0.712. The number of hydrogen-bond donors (Lipinski definition) is 0. The van der Waals surface area contributed by atoms with Gasteiger partial charge < -0.3 is 0 Å². The number of pyridine rings is 1. The van der Waals surface area contributed by atoms with E-state index in [0.29, 0.717) is 0 Å². The second-order valence-corrected chi connectivity index (χ2v) is 4.12. The van der Waals surface area contributed by atoms with Gasteiger partial charge in [0.1, 0.15) is 10.4 Å². The van der Waals surface area contributed by atoms with Crippen LogP contribution in [0.15, 0.2) is 41.0 Å². The van der Waals surface area contributed by atoms with Crippen LogP contribution in [-0.4, -0.2) is 4.98 Å². The van der Waals surface area contributed by atoms with Crippen LogP contribution >= 0.6 is 15.9 Å². The van der Waals surface area contributed by atoms with E-state index in [9.17, 15) is 4.39 Å². The van der Waals surface area contributed by atoms with Crippen molar-refractivity contribution in [3.05, 3.63) is 52.4 Å². The summed E-state index contributed by atoms with van der Waals surface area (Å²) in [5, 5.41) is 0. The van der Waals surface area contributed by atoms with Gasteiger partial charge in [0, 0.05) is 5.56 Å². The van der Waals surface area contributed by atoms with Crippen molar-refractivity contribution in [1.82, 2.24) is 4.98 Å². The predicted octanol–water partition coefficient (Wildman–Crippen LogP) is 3.96. The molecular weight excluding hydrogens is 257 g/mol. The van der Waals surface area contributed by atoms with E-state index >= 15 is 0 Å². The number of nitrogens with zero attached hydrogens (tertiary/aromatic N) is 1. The summed E-state index contributed by atoms with van der Waals surface area (Å²) in [6.07, 6.45) is 0. The maximum atomic E-state index is 13.1. The van der Waals surface area contributed by atoms with E-state index < -0.39 is 0 Å². The van der Waals surface area contributed by atoms with Crippen molar-refractivity contribution >= 4 is 15.9 Å². The Morgan fingerprint density at radius 3 is 2.73 bits per heavy atom. The van der Waals surface area contributed by atoms with Crippen molar-refractivity contribution < 1.29 is 4.39 Å². The average Bonchev–Trinajstić information content (AvgIpc) is 2.22. The Labute approximate surface area is 96.1 Å². The third kappa shape index (κ3) is 2.23. The van der Waals surface area contributed by atoms with Gasteiger partial charge >= 0.3 is 0 Å². The van der Waals surface area contributed by atoms with Crippen molar-refractivity contribution in [3.8, 4) is 11.3 Å². The number of halogens is 2. The SMILES string of the molecule is Cc1ccc(F)cc1-c1cccc(Br)n1. The molecule has 0 aliphatic heterocycles. The van der Waals surface area contributed by atoms with Crippen molar-refractivity contribution in [2.75, 3.05) is 0 Å². The fourth-order valence-corrected chi connectivity index (χ4v) is 1.77. The van der Waals surface area contributed by atoms with Crippen molar-refractivity contribution in [3.63, 3.8) is 0 Å². The Morgan fingerprint density at radius 2 is 2.00 bits per heavy atom. The number of rotatable bonds is 1. The third-order valence-electron chi connectivity index (χ3n) is 2.19. The first-order chi connectivity index (χ1) is 7.16. The first-order valence-electron chi connectivity index (χ1n) is 4.56. The van der Waals surface area contributed by atoms with Crippen molar-refractivity contribution in [2.45, 2.75) is 6.92 Å². The van der Waals surface area contributed by atoms with E-state index in [2.05, 4.69) is 20.9 Å². The molecule has 2 rings (SSSR count). The molecule has 76 valence electrons. The maximum Gasteiger partial charge on any atom is 0.123 e. The van der Waals surface area contributed by atoms with Gasteiger partial charge in [0.2, 0.25) is 0 Å². The minimum absolute atomic E-state index is 0.239. The normalized spacial score (nSPS) is 10.3. The fraction of sp³-hybridized carbons (Fsp3) is 0.0833. The molecular formula is C12H9BrFN. The second-order valence-electron chi connectivity index (χ2n) is 3.30. The summed E-state index contributed by atoms with van der Waals surface area (Å²) in [6, 6.07) is 10.3. The zero-order valence-electron chi connectivity index (χ0n) is 8.17. The van der Waals surface area contributed by atoms with Crippen molar-refractivity contribution in [1.29, 1.82) is 0 Å². The molecule has 3 heteroatoms. The molecule has 0 aliphatic rings. The largest absolute Gasteiger partial charge is 0.241 e. The van der Waals surface area contributed by atoms with Crippen LogP contribution in [0.1, 0.15) is 5.56 Å². The molecule has 0 saturated heterocycles. The molecule has 0 N–H and O–H groups in total.